The molecule has 1 N–H and O–H groups in total. The first-order chi connectivity index (χ1) is 15.1. The predicted octanol–water partition coefficient (Wildman–Crippen LogP) is 2.42. The van der Waals surface area contributed by atoms with Crippen LogP contribution in [0.1, 0.15) is 19.4 Å². The van der Waals surface area contributed by atoms with Gasteiger partial charge in [-0.05, 0) is 44.2 Å². The first-order valence-electron chi connectivity index (χ1n) is 10.1. The topological polar surface area (TPSA) is 96.0 Å². The number of ether oxygens (including phenoxy) is 1. The van der Waals surface area contributed by atoms with Crippen molar-refractivity contribution in [1.29, 1.82) is 0 Å². The third kappa shape index (κ3) is 4.74. The molecule has 2 amide bonds. The molecule has 172 valence electrons. The van der Waals surface area contributed by atoms with Crippen LogP contribution in [0.3, 0.4) is 0 Å². The van der Waals surface area contributed by atoms with Gasteiger partial charge in [-0.1, -0.05) is 29.8 Å². The van der Waals surface area contributed by atoms with Crippen LogP contribution in [-0.2, 0) is 26.2 Å². The van der Waals surface area contributed by atoms with E-state index in [9.17, 15) is 18.0 Å². The van der Waals surface area contributed by atoms with Crippen LogP contribution >= 0.6 is 11.6 Å². The summed E-state index contributed by atoms with van der Waals surface area (Å²) < 4.78 is 31.5. The maximum atomic E-state index is 13.5. The zero-order valence-corrected chi connectivity index (χ0v) is 19.7. The van der Waals surface area contributed by atoms with Gasteiger partial charge in [0.15, 0.2) is 0 Å². The standard InChI is InChI=1S/C22H26ClN3O5S/c1-4-32(29,30)25-14-20(27)26(18-11-9-17(23)10-12-18)22(2,15-25)21(28)24-13-16-7-5-6-8-19(16)31-3/h5-12H,4,13-15H2,1-3H3,(H,24,28). The molecule has 8 nitrogen and oxygen atoms in total. The van der Waals surface area contributed by atoms with Crippen LogP contribution in [0.5, 0.6) is 5.75 Å². The van der Waals surface area contributed by atoms with Crippen molar-refractivity contribution in [1.82, 2.24) is 9.62 Å². The molecule has 2 aromatic carbocycles. The van der Waals surface area contributed by atoms with Gasteiger partial charge in [-0.3, -0.25) is 14.5 Å². The number of para-hydroxylation sites is 1. The number of piperazine rings is 1. The summed E-state index contributed by atoms with van der Waals surface area (Å²) in [4.78, 5) is 27.9. The van der Waals surface area contributed by atoms with E-state index < -0.39 is 27.4 Å². The Morgan fingerprint density at radius 2 is 1.84 bits per heavy atom. The number of amides is 2. The van der Waals surface area contributed by atoms with Crippen molar-refractivity contribution in [3.8, 4) is 5.75 Å². The fourth-order valence-electron chi connectivity index (χ4n) is 3.75. The zero-order valence-electron chi connectivity index (χ0n) is 18.2. The van der Waals surface area contributed by atoms with Gasteiger partial charge in [0.05, 0.1) is 19.4 Å². The van der Waals surface area contributed by atoms with Crippen LogP contribution in [0.4, 0.5) is 5.69 Å². The molecule has 0 spiro atoms. The normalized spacial score (nSPS) is 19.6. The van der Waals surface area contributed by atoms with Gasteiger partial charge in [0.2, 0.25) is 21.8 Å². The number of nitrogens with one attached hydrogen (secondary N) is 1. The van der Waals surface area contributed by atoms with Crippen molar-refractivity contribution in [2.75, 3.05) is 30.9 Å². The van der Waals surface area contributed by atoms with Crippen molar-refractivity contribution in [2.45, 2.75) is 25.9 Å². The minimum Gasteiger partial charge on any atom is -0.496 e. The number of anilines is 1. The molecular weight excluding hydrogens is 454 g/mol. The van der Waals surface area contributed by atoms with Crippen LogP contribution in [-0.4, -0.2) is 56.0 Å². The lowest BCUT2D eigenvalue weighted by Gasteiger charge is -2.46. The molecule has 0 aromatic heterocycles. The number of methoxy groups -OCH3 is 1. The van der Waals surface area contributed by atoms with Gasteiger partial charge >= 0.3 is 0 Å². The van der Waals surface area contributed by atoms with E-state index in [2.05, 4.69) is 5.32 Å². The summed E-state index contributed by atoms with van der Waals surface area (Å²) in [5.41, 5.74) is -0.263. The molecule has 1 unspecified atom stereocenters. The van der Waals surface area contributed by atoms with Crippen molar-refractivity contribution >= 4 is 39.1 Å². The molecule has 1 fully saturated rings. The van der Waals surface area contributed by atoms with Gasteiger partial charge < -0.3 is 10.1 Å². The number of sulfonamides is 1. The SMILES string of the molecule is CCS(=O)(=O)N1CC(=O)N(c2ccc(Cl)cc2)C(C)(C(=O)NCc2ccccc2OC)C1. The Labute approximate surface area is 193 Å². The number of halogens is 1. The predicted molar refractivity (Wildman–Crippen MR) is 123 cm³/mol. The number of carbonyl (C=O) groups excluding carboxylic acids is 2. The van der Waals surface area contributed by atoms with Crippen LogP contribution < -0.4 is 15.0 Å². The lowest BCUT2D eigenvalue weighted by atomic mass is 9.94. The molecule has 0 aliphatic carbocycles. The number of hydrogen-bond acceptors (Lipinski definition) is 5. The lowest BCUT2D eigenvalue weighted by Crippen LogP contribution is -2.70. The first-order valence-corrected chi connectivity index (χ1v) is 12.1. The monoisotopic (exact) mass is 479 g/mol. The molecular formula is C22H26ClN3O5S. The smallest absolute Gasteiger partial charge is 0.247 e. The molecule has 1 aliphatic rings. The Morgan fingerprint density at radius 1 is 1.19 bits per heavy atom. The maximum absolute atomic E-state index is 13.5. The van der Waals surface area contributed by atoms with Gasteiger partial charge in [-0.15, -0.1) is 0 Å². The van der Waals surface area contributed by atoms with E-state index in [1.807, 2.05) is 18.2 Å². The van der Waals surface area contributed by atoms with Crippen LogP contribution in [0, 0.1) is 0 Å². The van der Waals surface area contributed by atoms with Gasteiger partial charge in [0, 0.05) is 29.4 Å². The number of benzene rings is 2. The molecule has 32 heavy (non-hydrogen) atoms. The summed E-state index contributed by atoms with van der Waals surface area (Å²) in [6, 6.07) is 13.7. The molecule has 0 saturated carbocycles. The Balaban J connectivity index is 1.96. The quantitative estimate of drug-likeness (QED) is 0.658. The summed E-state index contributed by atoms with van der Waals surface area (Å²) in [6.45, 7) is 2.71. The van der Waals surface area contributed by atoms with E-state index in [1.165, 1.54) is 18.9 Å². The van der Waals surface area contributed by atoms with Crippen LogP contribution in [0.25, 0.3) is 0 Å². The number of nitrogens with zero attached hydrogens (tertiary/aromatic N) is 2. The van der Waals surface area contributed by atoms with Gasteiger partial charge in [0.1, 0.15) is 11.3 Å². The molecule has 0 radical (unpaired) electrons. The van der Waals surface area contributed by atoms with Gasteiger partial charge in [-0.25, -0.2) is 8.42 Å². The van der Waals surface area contributed by atoms with Crippen molar-refractivity contribution in [3.05, 3.63) is 59.1 Å². The molecule has 1 saturated heterocycles. The molecule has 0 bridgehead atoms. The van der Waals surface area contributed by atoms with E-state index in [4.69, 9.17) is 16.3 Å². The van der Waals surface area contributed by atoms with E-state index in [1.54, 1.807) is 37.3 Å². The summed E-state index contributed by atoms with van der Waals surface area (Å²) >= 11 is 5.99. The van der Waals surface area contributed by atoms with Crippen molar-refractivity contribution in [2.24, 2.45) is 0 Å². The molecule has 3 rings (SSSR count). The number of hydrogen-bond donors (Lipinski definition) is 1. The Morgan fingerprint density at radius 3 is 2.47 bits per heavy atom. The van der Waals surface area contributed by atoms with Crippen LogP contribution in [0.15, 0.2) is 48.5 Å². The second-order valence-electron chi connectivity index (χ2n) is 7.64. The van der Waals surface area contributed by atoms with Gasteiger partial charge in [-0.2, -0.15) is 4.31 Å². The maximum Gasteiger partial charge on any atom is 0.247 e. The summed E-state index contributed by atoms with van der Waals surface area (Å²) in [6.07, 6.45) is 0. The molecule has 1 heterocycles. The first kappa shape index (κ1) is 24.0. The van der Waals surface area contributed by atoms with E-state index >= 15 is 0 Å². The minimum absolute atomic E-state index is 0.154. The Kier molecular flexibility index (Phi) is 7.12. The third-order valence-corrected chi connectivity index (χ3v) is 7.53. The molecule has 1 aliphatic heterocycles. The summed E-state index contributed by atoms with van der Waals surface area (Å²) in [7, 11) is -2.14. The number of carbonyl (C=O) groups is 2. The third-order valence-electron chi connectivity index (χ3n) is 5.50. The second kappa shape index (κ2) is 9.48. The molecule has 1 atom stereocenters. The zero-order chi connectivity index (χ0) is 23.5. The lowest BCUT2D eigenvalue weighted by molar-refractivity contribution is -0.133. The second-order valence-corrected chi connectivity index (χ2v) is 10.3. The highest BCUT2D eigenvalue weighted by molar-refractivity contribution is 7.89. The average molecular weight is 480 g/mol. The molecule has 10 heteroatoms. The van der Waals surface area contributed by atoms with Crippen LogP contribution in [0.2, 0.25) is 5.02 Å². The summed E-state index contributed by atoms with van der Waals surface area (Å²) in [5, 5.41) is 3.33. The minimum atomic E-state index is -3.68. The fraction of sp³-hybridized carbons (Fsp3) is 0.364. The van der Waals surface area contributed by atoms with Crippen molar-refractivity contribution < 1.29 is 22.7 Å². The fourth-order valence-corrected chi connectivity index (χ4v) is 5.00. The average Bonchev–Trinajstić information content (AvgIpc) is 2.78. The molecule has 2 aromatic rings. The highest BCUT2D eigenvalue weighted by Crippen LogP contribution is 2.32. The van der Waals surface area contributed by atoms with Crippen molar-refractivity contribution in [3.63, 3.8) is 0 Å². The summed E-state index contributed by atoms with van der Waals surface area (Å²) in [5.74, 6) is -0.532. The van der Waals surface area contributed by atoms with E-state index in [0.717, 1.165) is 9.87 Å². The Bertz CT molecular complexity index is 1110. The highest BCUT2D eigenvalue weighted by atomic mass is 35.5. The highest BCUT2D eigenvalue weighted by Gasteiger charge is 2.50. The largest absolute Gasteiger partial charge is 0.496 e. The van der Waals surface area contributed by atoms with E-state index in [-0.39, 0.29) is 25.4 Å². The Hall–Kier alpha value is -2.62. The van der Waals surface area contributed by atoms with E-state index in [0.29, 0.717) is 16.5 Å². The van der Waals surface area contributed by atoms with Gasteiger partial charge in [0.25, 0.3) is 0 Å². The number of rotatable bonds is 7.